The van der Waals surface area contributed by atoms with Crippen LogP contribution in [0.2, 0.25) is 5.02 Å². The van der Waals surface area contributed by atoms with Crippen molar-refractivity contribution in [1.82, 2.24) is 0 Å². The van der Waals surface area contributed by atoms with E-state index >= 15 is 0 Å². The highest BCUT2D eigenvalue weighted by atomic mass is 79.9. The number of benzene rings is 2. The molecule has 2 aromatic carbocycles. The highest BCUT2D eigenvalue weighted by Crippen LogP contribution is 2.36. The van der Waals surface area contributed by atoms with Crippen LogP contribution in [0.3, 0.4) is 0 Å². The van der Waals surface area contributed by atoms with Crippen molar-refractivity contribution in [3.63, 3.8) is 0 Å². The molecule has 0 aliphatic carbocycles. The lowest BCUT2D eigenvalue weighted by molar-refractivity contribution is 0.373. The summed E-state index contributed by atoms with van der Waals surface area (Å²) in [6.45, 7) is 0.541. The van der Waals surface area contributed by atoms with Gasteiger partial charge in [-0.15, -0.1) is 0 Å². The third-order valence-corrected chi connectivity index (χ3v) is 3.75. The van der Waals surface area contributed by atoms with Gasteiger partial charge in [0, 0.05) is 11.6 Å². The lowest BCUT2D eigenvalue weighted by Gasteiger charge is -2.14. The number of aromatic hydroxyl groups is 1. The number of ether oxygens (including phenoxy) is 2. The van der Waals surface area contributed by atoms with Crippen LogP contribution in [0, 0.1) is 0 Å². The van der Waals surface area contributed by atoms with E-state index in [9.17, 15) is 5.11 Å². The van der Waals surface area contributed by atoms with Crippen LogP contribution in [0.5, 0.6) is 17.2 Å². The number of anilines is 1. The van der Waals surface area contributed by atoms with E-state index in [1.165, 1.54) is 7.11 Å². The van der Waals surface area contributed by atoms with Crippen LogP contribution in [0.1, 0.15) is 5.56 Å². The molecule has 0 heterocycles. The molecular weight excluding hydrogens is 358 g/mol. The number of halogens is 2. The number of methoxy groups -OCH3 is 2. The molecule has 6 heteroatoms. The molecule has 0 spiro atoms. The summed E-state index contributed by atoms with van der Waals surface area (Å²) in [6, 6.07) is 8.75. The van der Waals surface area contributed by atoms with Gasteiger partial charge in [-0.1, -0.05) is 17.7 Å². The van der Waals surface area contributed by atoms with E-state index in [-0.39, 0.29) is 5.75 Å². The molecule has 0 saturated carbocycles. The van der Waals surface area contributed by atoms with Gasteiger partial charge < -0.3 is 19.9 Å². The third-order valence-electron chi connectivity index (χ3n) is 2.94. The zero-order valence-corrected chi connectivity index (χ0v) is 14.0. The zero-order valence-electron chi connectivity index (χ0n) is 11.6. The van der Waals surface area contributed by atoms with E-state index in [0.717, 1.165) is 15.7 Å². The first-order valence-corrected chi connectivity index (χ1v) is 7.35. The smallest absolute Gasteiger partial charge is 0.160 e. The van der Waals surface area contributed by atoms with Crippen LogP contribution in [0.25, 0.3) is 0 Å². The lowest BCUT2D eigenvalue weighted by atomic mass is 10.2. The van der Waals surface area contributed by atoms with Gasteiger partial charge in [-0.25, -0.2) is 0 Å². The van der Waals surface area contributed by atoms with E-state index in [4.69, 9.17) is 21.1 Å². The van der Waals surface area contributed by atoms with Gasteiger partial charge in [0.05, 0.1) is 24.4 Å². The van der Waals surface area contributed by atoms with Gasteiger partial charge in [0.25, 0.3) is 0 Å². The average molecular weight is 373 g/mol. The molecule has 21 heavy (non-hydrogen) atoms. The molecular formula is C15H15BrClNO3. The van der Waals surface area contributed by atoms with Crippen molar-refractivity contribution in [1.29, 1.82) is 0 Å². The maximum absolute atomic E-state index is 9.59. The summed E-state index contributed by atoms with van der Waals surface area (Å²) in [5, 5.41) is 13.4. The number of hydrogen-bond acceptors (Lipinski definition) is 4. The van der Waals surface area contributed by atoms with Crippen LogP contribution >= 0.6 is 27.5 Å². The quantitative estimate of drug-likeness (QED) is 0.815. The van der Waals surface area contributed by atoms with Crippen LogP contribution in [0.15, 0.2) is 34.8 Å². The van der Waals surface area contributed by atoms with Gasteiger partial charge in [-0.3, -0.25) is 0 Å². The largest absolute Gasteiger partial charge is 0.504 e. The molecule has 2 rings (SSSR count). The number of nitrogens with one attached hydrogen (secondary N) is 1. The van der Waals surface area contributed by atoms with E-state index in [1.54, 1.807) is 31.4 Å². The predicted octanol–water partition coefficient (Wildman–Crippen LogP) is 4.44. The minimum atomic E-state index is 0.115. The summed E-state index contributed by atoms with van der Waals surface area (Å²) in [5.74, 6) is 1.24. The minimum absolute atomic E-state index is 0.115. The normalized spacial score (nSPS) is 10.3. The van der Waals surface area contributed by atoms with E-state index in [1.807, 2.05) is 6.07 Å². The van der Waals surface area contributed by atoms with E-state index in [2.05, 4.69) is 21.2 Å². The molecule has 2 aromatic rings. The van der Waals surface area contributed by atoms with Crippen molar-refractivity contribution < 1.29 is 14.6 Å². The standard InChI is InChI=1S/C15H15BrClNO3/c1-20-14-5-9(3-4-13(14)19)8-18-12-7-10(17)6-11(16)15(12)21-2/h3-7,18-19H,8H2,1-2H3. The second kappa shape index (κ2) is 6.91. The molecule has 4 nitrogen and oxygen atoms in total. The summed E-state index contributed by atoms with van der Waals surface area (Å²) in [6.07, 6.45) is 0. The first kappa shape index (κ1) is 15.8. The van der Waals surface area contributed by atoms with Crippen LogP contribution < -0.4 is 14.8 Å². The maximum atomic E-state index is 9.59. The second-order valence-corrected chi connectivity index (χ2v) is 5.62. The molecule has 0 fully saturated rings. The van der Waals surface area contributed by atoms with Crippen molar-refractivity contribution in [2.45, 2.75) is 6.54 Å². The van der Waals surface area contributed by atoms with Crippen LogP contribution in [-0.4, -0.2) is 19.3 Å². The molecule has 0 bridgehead atoms. The Morgan fingerprint density at radius 2 is 1.95 bits per heavy atom. The molecule has 0 aromatic heterocycles. The van der Waals surface area contributed by atoms with Crippen LogP contribution in [-0.2, 0) is 6.54 Å². The topological polar surface area (TPSA) is 50.7 Å². The number of phenols is 1. The Morgan fingerprint density at radius 3 is 2.62 bits per heavy atom. The molecule has 0 amide bonds. The Bertz CT molecular complexity index is 649. The molecule has 2 N–H and O–H groups in total. The predicted molar refractivity (Wildman–Crippen MR) is 87.7 cm³/mol. The molecule has 0 atom stereocenters. The summed E-state index contributed by atoms with van der Waals surface area (Å²) in [5.41, 5.74) is 1.74. The summed E-state index contributed by atoms with van der Waals surface area (Å²) in [7, 11) is 3.12. The summed E-state index contributed by atoms with van der Waals surface area (Å²) >= 11 is 9.46. The fourth-order valence-corrected chi connectivity index (χ4v) is 2.90. The van der Waals surface area contributed by atoms with Gasteiger partial charge in [0.2, 0.25) is 0 Å². The lowest BCUT2D eigenvalue weighted by Crippen LogP contribution is -2.02. The fourth-order valence-electron chi connectivity index (χ4n) is 1.93. The van der Waals surface area contributed by atoms with Crippen molar-refractivity contribution in [3.8, 4) is 17.2 Å². The van der Waals surface area contributed by atoms with E-state index in [0.29, 0.717) is 23.1 Å². The summed E-state index contributed by atoms with van der Waals surface area (Å²) < 4.78 is 11.2. The Kier molecular flexibility index (Phi) is 5.20. The van der Waals surface area contributed by atoms with Gasteiger partial charge in [-0.05, 0) is 45.8 Å². The van der Waals surface area contributed by atoms with Gasteiger partial charge in [-0.2, -0.15) is 0 Å². The Hall–Kier alpha value is -1.59. The molecule has 0 unspecified atom stereocenters. The van der Waals surface area contributed by atoms with Gasteiger partial charge in [0.15, 0.2) is 17.2 Å². The SMILES string of the molecule is COc1cc(CNc2cc(Cl)cc(Br)c2OC)ccc1O. The maximum Gasteiger partial charge on any atom is 0.160 e. The van der Waals surface area contributed by atoms with Crippen LogP contribution in [0.4, 0.5) is 5.69 Å². The van der Waals surface area contributed by atoms with Crippen molar-refractivity contribution in [2.24, 2.45) is 0 Å². The molecule has 112 valence electrons. The molecule has 0 saturated heterocycles. The average Bonchev–Trinajstić information content (AvgIpc) is 2.46. The first-order chi connectivity index (χ1) is 10.0. The van der Waals surface area contributed by atoms with Crippen molar-refractivity contribution >= 4 is 33.2 Å². The zero-order chi connectivity index (χ0) is 15.4. The third kappa shape index (κ3) is 3.74. The summed E-state index contributed by atoms with van der Waals surface area (Å²) in [4.78, 5) is 0. The number of phenolic OH excluding ortho intramolecular Hbond substituents is 1. The minimum Gasteiger partial charge on any atom is -0.504 e. The second-order valence-electron chi connectivity index (χ2n) is 4.33. The Morgan fingerprint density at radius 1 is 1.19 bits per heavy atom. The number of rotatable bonds is 5. The van der Waals surface area contributed by atoms with Crippen molar-refractivity contribution in [2.75, 3.05) is 19.5 Å². The van der Waals surface area contributed by atoms with Gasteiger partial charge >= 0.3 is 0 Å². The fraction of sp³-hybridized carbons (Fsp3) is 0.200. The highest BCUT2D eigenvalue weighted by molar-refractivity contribution is 9.10. The Labute approximate surface area is 136 Å². The molecule has 0 aliphatic heterocycles. The van der Waals surface area contributed by atoms with Gasteiger partial charge in [0.1, 0.15) is 0 Å². The van der Waals surface area contributed by atoms with Crippen molar-refractivity contribution in [3.05, 3.63) is 45.4 Å². The molecule has 0 radical (unpaired) electrons. The van der Waals surface area contributed by atoms with E-state index < -0.39 is 0 Å². The first-order valence-electron chi connectivity index (χ1n) is 6.18. The molecule has 0 aliphatic rings. The number of hydrogen-bond donors (Lipinski definition) is 2. The Balaban J connectivity index is 2.20. The monoisotopic (exact) mass is 371 g/mol. The highest BCUT2D eigenvalue weighted by Gasteiger charge is 2.10.